The molecule has 120 valence electrons. The van der Waals surface area contributed by atoms with Crippen molar-refractivity contribution in [3.63, 3.8) is 0 Å². The number of amides is 1. The van der Waals surface area contributed by atoms with E-state index < -0.39 is 18.5 Å². The summed E-state index contributed by atoms with van der Waals surface area (Å²) in [4.78, 5) is 23.6. The summed E-state index contributed by atoms with van der Waals surface area (Å²) < 4.78 is 4.88. The first-order valence-corrected chi connectivity index (χ1v) is 7.34. The summed E-state index contributed by atoms with van der Waals surface area (Å²) in [6.45, 7) is 1.16. The zero-order valence-corrected chi connectivity index (χ0v) is 13.6. The maximum atomic E-state index is 11.9. The number of ether oxygens (including phenoxy) is 1. The smallest absolute Gasteiger partial charge is 0.342 e. The van der Waals surface area contributed by atoms with E-state index >= 15 is 0 Å². The van der Waals surface area contributed by atoms with Crippen LogP contribution in [-0.2, 0) is 9.53 Å². The lowest BCUT2D eigenvalue weighted by molar-refractivity contribution is -0.119. The third kappa shape index (κ3) is 4.37. The van der Waals surface area contributed by atoms with Crippen LogP contribution >= 0.6 is 23.2 Å². The highest BCUT2D eigenvalue weighted by Crippen LogP contribution is 2.25. The molecule has 0 unspecified atom stereocenters. The van der Waals surface area contributed by atoms with E-state index in [2.05, 4.69) is 5.32 Å². The molecule has 0 fully saturated rings. The molecule has 0 heterocycles. The topological polar surface area (TPSA) is 75.6 Å². The number of phenols is 1. The van der Waals surface area contributed by atoms with E-state index in [1.807, 2.05) is 0 Å². The fourth-order valence-corrected chi connectivity index (χ4v) is 2.10. The number of para-hydroxylation sites is 1. The molecule has 0 radical (unpaired) electrons. The van der Waals surface area contributed by atoms with Crippen LogP contribution in [0.15, 0.2) is 36.4 Å². The van der Waals surface area contributed by atoms with E-state index in [1.165, 1.54) is 18.2 Å². The molecule has 0 aliphatic carbocycles. The molecule has 2 aromatic rings. The minimum absolute atomic E-state index is 0.00679. The quantitative estimate of drug-likeness (QED) is 0.819. The maximum Gasteiger partial charge on any atom is 0.342 e. The Morgan fingerprint density at radius 2 is 1.91 bits per heavy atom. The normalized spacial score (nSPS) is 10.2. The van der Waals surface area contributed by atoms with Gasteiger partial charge in [0.1, 0.15) is 11.3 Å². The Labute approximate surface area is 142 Å². The van der Waals surface area contributed by atoms with Gasteiger partial charge in [-0.25, -0.2) is 4.79 Å². The summed E-state index contributed by atoms with van der Waals surface area (Å²) in [5, 5.41) is 13.0. The molecule has 0 aromatic heterocycles. The number of rotatable bonds is 4. The molecular formula is C16H13Cl2NO4. The van der Waals surface area contributed by atoms with Gasteiger partial charge in [0.2, 0.25) is 0 Å². The molecule has 2 rings (SSSR count). The van der Waals surface area contributed by atoms with E-state index in [1.54, 1.807) is 25.1 Å². The van der Waals surface area contributed by atoms with Crippen LogP contribution in [0.5, 0.6) is 5.75 Å². The highest BCUT2D eigenvalue weighted by atomic mass is 35.5. The van der Waals surface area contributed by atoms with Gasteiger partial charge in [-0.05, 0) is 36.8 Å². The highest BCUT2D eigenvalue weighted by molar-refractivity contribution is 6.42. The number of carbonyl (C=O) groups excluding carboxylic acids is 2. The van der Waals surface area contributed by atoms with Crippen molar-refractivity contribution >= 4 is 40.8 Å². The van der Waals surface area contributed by atoms with Gasteiger partial charge in [0.05, 0.1) is 10.0 Å². The van der Waals surface area contributed by atoms with Crippen molar-refractivity contribution in [1.82, 2.24) is 0 Å². The van der Waals surface area contributed by atoms with E-state index in [0.717, 1.165) is 0 Å². The van der Waals surface area contributed by atoms with Crippen LogP contribution < -0.4 is 5.32 Å². The molecule has 23 heavy (non-hydrogen) atoms. The third-order valence-electron chi connectivity index (χ3n) is 3.00. The van der Waals surface area contributed by atoms with Crippen molar-refractivity contribution < 1.29 is 19.4 Å². The van der Waals surface area contributed by atoms with Crippen molar-refractivity contribution in [2.75, 3.05) is 11.9 Å². The molecule has 0 aliphatic rings. The van der Waals surface area contributed by atoms with Crippen molar-refractivity contribution in [3.05, 3.63) is 57.6 Å². The second-order valence-corrected chi connectivity index (χ2v) is 5.54. The fraction of sp³-hybridized carbons (Fsp3) is 0.125. The number of benzene rings is 2. The summed E-state index contributed by atoms with van der Waals surface area (Å²) in [5.41, 5.74) is 0.978. The lowest BCUT2D eigenvalue weighted by Crippen LogP contribution is -2.21. The van der Waals surface area contributed by atoms with Gasteiger partial charge in [0.15, 0.2) is 6.61 Å². The van der Waals surface area contributed by atoms with Crippen molar-refractivity contribution in [2.24, 2.45) is 0 Å². The minimum Gasteiger partial charge on any atom is -0.507 e. The van der Waals surface area contributed by atoms with Gasteiger partial charge < -0.3 is 15.2 Å². The van der Waals surface area contributed by atoms with Gasteiger partial charge in [0, 0.05) is 5.69 Å². The van der Waals surface area contributed by atoms with Crippen LogP contribution in [0.25, 0.3) is 0 Å². The first-order valence-electron chi connectivity index (χ1n) is 6.59. The zero-order valence-electron chi connectivity index (χ0n) is 12.1. The number of hydrogen-bond acceptors (Lipinski definition) is 4. The lowest BCUT2D eigenvalue weighted by atomic mass is 10.1. The van der Waals surface area contributed by atoms with Gasteiger partial charge in [-0.15, -0.1) is 0 Å². The molecule has 5 nitrogen and oxygen atoms in total. The van der Waals surface area contributed by atoms with Crippen LogP contribution in [0.3, 0.4) is 0 Å². The number of nitrogens with one attached hydrogen (secondary N) is 1. The highest BCUT2D eigenvalue weighted by Gasteiger charge is 2.15. The fourth-order valence-electron chi connectivity index (χ4n) is 1.80. The number of halogens is 2. The second kappa shape index (κ2) is 7.35. The molecule has 0 bridgehead atoms. The van der Waals surface area contributed by atoms with E-state index in [9.17, 15) is 14.7 Å². The van der Waals surface area contributed by atoms with Crippen LogP contribution in [0.4, 0.5) is 5.69 Å². The molecule has 2 N–H and O–H groups in total. The van der Waals surface area contributed by atoms with Gasteiger partial charge in [0.25, 0.3) is 5.91 Å². The zero-order chi connectivity index (χ0) is 17.0. The van der Waals surface area contributed by atoms with Gasteiger partial charge in [-0.1, -0.05) is 35.3 Å². The van der Waals surface area contributed by atoms with Gasteiger partial charge in [-0.3, -0.25) is 4.79 Å². The third-order valence-corrected chi connectivity index (χ3v) is 3.73. The summed E-state index contributed by atoms with van der Waals surface area (Å²) in [7, 11) is 0. The number of phenolic OH excluding ortho intramolecular Hbond substituents is 1. The first-order chi connectivity index (χ1) is 10.9. The average molecular weight is 354 g/mol. The Morgan fingerprint density at radius 3 is 2.61 bits per heavy atom. The average Bonchev–Trinajstić information content (AvgIpc) is 2.51. The monoisotopic (exact) mass is 353 g/mol. The molecule has 1 amide bonds. The van der Waals surface area contributed by atoms with Crippen LogP contribution in [0.1, 0.15) is 15.9 Å². The Bertz CT molecular complexity index is 762. The van der Waals surface area contributed by atoms with Crippen LogP contribution in [0.2, 0.25) is 10.0 Å². The Kier molecular flexibility index (Phi) is 5.47. The number of aromatic hydroxyl groups is 1. The number of aryl methyl sites for hydroxylation is 1. The number of esters is 1. The minimum atomic E-state index is -0.782. The van der Waals surface area contributed by atoms with Gasteiger partial charge in [-0.2, -0.15) is 0 Å². The molecular weight excluding hydrogens is 341 g/mol. The van der Waals surface area contributed by atoms with E-state index in [-0.39, 0.29) is 11.3 Å². The van der Waals surface area contributed by atoms with Gasteiger partial charge >= 0.3 is 5.97 Å². The number of anilines is 1. The molecule has 0 spiro atoms. The Hall–Kier alpha value is -2.24. The summed E-state index contributed by atoms with van der Waals surface area (Å²) in [6, 6.07) is 9.28. The summed E-state index contributed by atoms with van der Waals surface area (Å²) >= 11 is 11.6. The summed E-state index contributed by atoms with van der Waals surface area (Å²) in [5.74, 6) is -1.48. The van der Waals surface area contributed by atoms with E-state index in [4.69, 9.17) is 27.9 Å². The summed E-state index contributed by atoms with van der Waals surface area (Å²) in [6.07, 6.45) is 0. The molecule has 2 aromatic carbocycles. The first kappa shape index (κ1) is 17.1. The Morgan fingerprint density at radius 1 is 1.17 bits per heavy atom. The molecule has 0 saturated carbocycles. The second-order valence-electron chi connectivity index (χ2n) is 4.72. The van der Waals surface area contributed by atoms with Crippen molar-refractivity contribution in [2.45, 2.75) is 6.92 Å². The molecule has 0 atom stereocenters. The molecule has 0 saturated heterocycles. The molecule has 0 aliphatic heterocycles. The number of hydrogen-bond donors (Lipinski definition) is 2. The van der Waals surface area contributed by atoms with Crippen molar-refractivity contribution in [3.8, 4) is 5.75 Å². The van der Waals surface area contributed by atoms with Crippen LogP contribution in [0, 0.1) is 6.92 Å². The Balaban J connectivity index is 1.94. The standard InChI is InChI=1S/C16H13Cl2NO4/c1-9-3-2-4-11(15(9)21)16(22)23-8-14(20)19-10-5-6-12(17)13(18)7-10/h2-7,21H,8H2,1H3,(H,19,20). The molecule has 7 heteroatoms. The predicted octanol–water partition coefficient (Wildman–Crippen LogP) is 3.80. The largest absolute Gasteiger partial charge is 0.507 e. The van der Waals surface area contributed by atoms with E-state index in [0.29, 0.717) is 21.3 Å². The van der Waals surface area contributed by atoms with Crippen LogP contribution in [-0.4, -0.2) is 23.6 Å². The number of carbonyl (C=O) groups is 2. The maximum absolute atomic E-state index is 11.9. The lowest BCUT2D eigenvalue weighted by Gasteiger charge is -2.09. The van der Waals surface area contributed by atoms with Crippen molar-refractivity contribution in [1.29, 1.82) is 0 Å². The predicted molar refractivity (Wildman–Crippen MR) is 88.2 cm³/mol. The SMILES string of the molecule is Cc1cccc(C(=O)OCC(=O)Nc2ccc(Cl)c(Cl)c2)c1O.